The van der Waals surface area contributed by atoms with Crippen molar-refractivity contribution in [3.8, 4) is 0 Å². The van der Waals surface area contributed by atoms with Gasteiger partial charge in [-0.1, -0.05) is 18.2 Å². The van der Waals surface area contributed by atoms with Crippen LogP contribution in [0.2, 0.25) is 0 Å². The topological polar surface area (TPSA) is 78.2 Å². The van der Waals surface area contributed by atoms with Crippen LogP contribution >= 0.6 is 0 Å². The summed E-state index contributed by atoms with van der Waals surface area (Å²) in [5.41, 5.74) is 1.15. The molecule has 0 unspecified atom stereocenters. The average Bonchev–Trinajstić information content (AvgIpc) is 3.28. The van der Waals surface area contributed by atoms with Gasteiger partial charge in [0.05, 0.1) is 17.8 Å². The van der Waals surface area contributed by atoms with E-state index in [0.717, 1.165) is 35.7 Å². The van der Waals surface area contributed by atoms with E-state index < -0.39 is 6.04 Å². The molecule has 0 spiro atoms. The summed E-state index contributed by atoms with van der Waals surface area (Å²) in [4.78, 5) is 25.5. The van der Waals surface area contributed by atoms with Gasteiger partial charge in [-0.15, -0.1) is 0 Å². The molecular weight excluding hydrogens is 332 g/mol. The number of nitrogens with one attached hydrogen (secondary N) is 1. The molecule has 136 valence electrons. The highest BCUT2D eigenvalue weighted by Gasteiger charge is 2.24. The minimum atomic E-state index is -0.520. The minimum absolute atomic E-state index is 0.0846. The van der Waals surface area contributed by atoms with Crippen LogP contribution in [0.1, 0.15) is 25.8 Å². The van der Waals surface area contributed by atoms with Gasteiger partial charge in [-0.25, -0.2) is 4.68 Å². The summed E-state index contributed by atoms with van der Waals surface area (Å²) in [5, 5.41) is 8.79. The van der Waals surface area contributed by atoms with E-state index in [-0.39, 0.29) is 17.6 Å². The van der Waals surface area contributed by atoms with Crippen LogP contribution in [0.4, 0.5) is 0 Å². The average molecular weight is 354 g/mol. The molecule has 26 heavy (non-hydrogen) atoms. The number of carbonyl (C=O) groups excluding carboxylic acids is 1. The molecule has 1 amide bonds. The predicted octanol–water partition coefficient (Wildman–Crippen LogP) is 1.74. The fraction of sp³-hybridized carbons (Fsp3) is 0.421. The van der Waals surface area contributed by atoms with Crippen molar-refractivity contribution in [1.29, 1.82) is 0 Å². The van der Waals surface area contributed by atoms with Crippen LogP contribution in [-0.4, -0.2) is 39.5 Å². The SMILES string of the molecule is C[C@@H](C(=O)NC[C@@H]1CCCO1)n1c2ccccc2c2cnn(C)c(=O)c21. The number of benzene rings is 1. The Bertz CT molecular complexity index is 1030. The number of hydrogen-bond donors (Lipinski definition) is 1. The highest BCUT2D eigenvalue weighted by atomic mass is 16.5. The van der Waals surface area contributed by atoms with Gasteiger partial charge in [0.25, 0.3) is 5.56 Å². The Labute approximate surface area is 150 Å². The Hall–Kier alpha value is -2.67. The van der Waals surface area contributed by atoms with E-state index in [9.17, 15) is 9.59 Å². The minimum Gasteiger partial charge on any atom is -0.376 e. The zero-order valence-corrected chi connectivity index (χ0v) is 14.9. The first-order valence-electron chi connectivity index (χ1n) is 8.92. The highest BCUT2D eigenvalue weighted by Crippen LogP contribution is 2.29. The Morgan fingerprint density at radius 1 is 1.38 bits per heavy atom. The maximum Gasteiger partial charge on any atom is 0.291 e. The van der Waals surface area contributed by atoms with Gasteiger partial charge in [-0.3, -0.25) is 9.59 Å². The second-order valence-electron chi connectivity index (χ2n) is 6.78. The quantitative estimate of drug-likeness (QED) is 0.774. The van der Waals surface area contributed by atoms with Crippen molar-refractivity contribution in [3.63, 3.8) is 0 Å². The largest absolute Gasteiger partial charge is 0.376 e. The third kappa shape index (κ3) is 2.68. The molecule has 0 bridgehead atoms. The molecular formula is C19H22N4O3. The lowest BCUT2D eigenvalue weighted by Gasteiger charge is -2.18. The van der Waals surface area contributed by atoms with Gasteiger partial charge in [-0.2, -0.15) is 5.10 Å². The highest BCUT2D eigenvalue weighted by molar-refractivity contribution is 6.08. The van der Waals surface area contributed by atoms with Crippen LogP contribution in [0.3, 0.4) is 0 Å². The molecule has 1 aromatic carbocycles. The summed E-state index contributed by atoms with van der Waals surface area (Å²) in [6.45, 7) is 3.07. The Kier molecular flexibility index (Phi) is 4.24. The number of ether oxygens (including phenoxy) is 1. The van der Waals surface area contributed by atoms with Crippen LogP contribution in [0.25, 0.3) is 21.8 Å². The molecule has 4 rings (SSSR count). The van der Waals surface area contributed by atoms with Crippen LogP contribution in [0.15, 0.2) is 35.3 Å². The van der Waals surface area contributed by atoms with Crippen molar-refractivity contribution in [2.24, 2.45) is 7.05 Å². The third-order valence-corrected chi connectivity index (χ3v) is 5.10. The van der Waals surface area contributed by atoms with Gasteiger partial charge in [0.2, 0.25) is 5.91 Å². The zero-order valence-electron chi connectivity index (χ0n) is 14.9. The summed E-state index contributed by atoms with van der Waals surface area (Å²) in [5.74, 6) is -0.123. The van der Waals surface area contributed by atoms with Crippen LogP contribution in [0, 0.1) is 0 Å². The lowest BCUT2D eigenvalue weighted by Crippen LogP contribution is -2.36. The smallest absolute Gasteiger partial charge is 0.291 e. The summed E-state index contributed by atoms with van der Waals surface area (Å²) >= 11 is 0. The first-order valence-corrected chi connectivity index (χ1v) is 8.92. The van der Waals surface area contributed by atoms with E-state index >= 15 is 0 Å². The second-order valence-corrected chi connectivity index (χ2v) is 6.78. The molecule has 3 heterocycles. The Morgan fingerprint density at radius 2 is 2.19 bits per heavy atom. The number of rotatable bonds is 4. The normalized spacial score (nSPS) is 18.5. The first kappa shape index (κ1) is 16.8. The molecule has 0 aliphatic carbocycles. The van der Waals surface area contributed by atoms with Crippen molar-refractivity contribution >= 4 is 27.7 Å². The molecule has 1 fully saturated rings. The third-order valence-electron chi connectivity index (χ3n) is 5.10. The summed E-state index contributed by atoms with van der Waals surface area (Å²) in [6, 6.07) is 7.19. The van der Waals surface area contributed by atoms with Crippen molar-refractivity contribution < 1.29 is 9.53 Å². The van der Waals surface area contributed by atoms with Gasteiger partial charge < -0.3 is 14.6 Å². The Morgan fingerprint density at radius 3 is 2.96 bits per heavy atom. The number of aromatic nitrogens is 3. The fourth-order valence-electron chi connectivity index (χ4n) is 3.68. The molecule has 0 radical (unpaired) electrons. The number of aryl methyl sites for hydroxylation is 1. The Balaban J connectivity index is 1.77. The van der Waals surface area contributed by atoms with E-state index in [2.05, 4.69) is 10.4 Å². The first-order chi connectivity index (χ1) is 12.6. The molecule has 0 saturated carbocycles. The number of carbonyl (C=O) groups is 1. The number of hydrogen-bond acceptors (Lipinski definition) is 4. The molecule has 2 aromatic heterocycles. The molecule has 1 aliphatic rings. The van der Waals surface area contributed by atoms with Gasteiger partial charge in [0.15, 0.2) is 0 Å². The second kappa shape index (κ2) is 6.57. The van der Waals surface area contributed by atoms with Crippen LogP contribution in [-0.2, 0) is 16.6 Å². The fourth-order valence-corrected chi connectivity index (χ4v) is 3.68. The number of para-hydroxylation sites is 1. The lowest BCUT2D eigenvalue weighted by atomic mass is 10.2. The van der Waals surface area contributed by atoms with E-state index in [1.54, 1.807) is 13.2 Å². The monoisotopic (exact) mass is 354 g/mol. The summed E-state index contributed by atoms with van der Waals surface area (Å²) in [6.07, 6.45) is 3.77. The predicted molar refractivity (Wildman–Crippen MR) is 99.2 cm³/mol. The molecule has 2 atom stereocenters. The van der Waals surface area contributed by atoms with Crippen molar-refractivity contribution in [3.05, 3.63) is 40.8 Å². The van der Waals surface area contributed by atoms with E-state index in [0.29, 0.717) is 12.1 Å². The van der Waals surface area contributed by atoms with Crippen LogP contribution < -0.4 is 10.9 Å². The molecule has 1 saturated heterocycles. The zero-order chi connectivity index (χ0) is 18.3. The summed E-state index contributed by atoms with van der Waals surface area (Å²) in [7, 11) is 1.62. The molecule has 3 aromatic rings. The lowest BCUT2D eigenvalue weighted by molar-refractivity contribution is -0.124. The maximum atomic E-state index is 12.8. The van der Waals surface area contributed by atoms with E-state index in [4.69, 9.17) is 4.74 Å². The molecule has 1 N–H and O–H groups in total. The van der Waals surface area contributed by atoms with Crippen molar-refractivity contribution in [2.45, 2.75) is 31.9 Å². The number of amides is 1. The van der Waals surface area contributed by atoms with Gasteiger partial charge in [0, 0.05) is 31.0 Å². The van der Waals surface area contributed by atoms with Crippen LogP contribution in [0.5, 0.6) is 0 Å². The van der Waals surface area contributed by atoms with Gasteiger partial charge in [0.1, 0.15) is 11.6 Å². The molecule has 1 aliphatic heterocycles. The molecule has 7 nitrogen and oxygen atoms in total. The van der Waals surface area contributed by atoms with E-state index in [1.807, 2.05) is 35.8 Å². The van der Waals surface area contributed by atoms with Gasteiger partial charge >= 0.3 is 0 Å². The molecule has 7 heteroatoms. The standard InChI is InChI=1S/C19H22N4O3/c1-12(18(24)20-10-13-6-5-9-26-13)23-16-8-4-3-7-14(16)15-11-21-22(2)19(25)17(15)23/h3-4,7-8,11-13H,5-6,9-10H2,1-2H3,(H,20,24)/t12-,13-/m0/s1. The van der Waals surface area contributed by atoms with Crippen molar-refractivity contribution in [2.75, 3.05) is 13.2 Å². The van der Waals surface area contributed by atoms with Gasteiger partial charge in [-0.05, 0) is 25.8 Å². The number of nitrogens with zero attached hydrogens (tertiary/aromatic N) is 3. The van der Waals surface area contributed by atoms with E-state index in [1.165, 1.54) is 4.68 Å². The van der Waals surface area contributed by atoms with Crippen molar-refractivity contribution in [1.82, 2.24) is 19.7 Å². The maximum absolute atomic E-state index is 12.8. The summed E-state index contributed by atoms with van der Waals surface area (Å²) < 4.78 is 8.69. The number of fused-ring (bicyclic) bond motifs is 3.